The number of carbonyl (C=O) groups excluding carboxylic acids is 3. The van der Waals surface area contributed by atoms with Crippen LogP contribution in [0.25, 0.3) is 6.08 Å². The Morgan fingerprint density at radius 2 is 1.88 bits per heavy atom. The predicted molar refractivity (Wildman–Crippen MR) is 96.6 cm³/mol. The molecule has 1 heterocycles. The van der Waals surface area contributed by atoms with Crippen molar-refractivity contribution in [1.82, 2.24) is 5.32 Å². The van der Waals surface area contributed by atoms with E-state index in [1.807, 2.05) is 0 Å². The zero-order chi connectivity index (χ0) is 18.7. The van der Waals surface area contributed by atoms with E-state index in [1.54, 1.807) is 30.3 Å². The minimum absolute atomic E-state index is 0.0999. The Morgan fingerprint density at radius 3 is 2.50 bits per heavy atom. The topological polar surface area (TPSA) is 118 Å². The molecule has 130 valence electrons. The highest BCUT2D eigenvalue weighted by Crippen LogP contribution is 2.26. The maximum atomic E-state index is 12.2. The van der Waals surface area contributed by atoms with E-state index in [9.17, 15) is 24.5 Å². The van der Waals surface area contributed by atoms with E-state index < -0.39 is 22.0 Å². The largest absolute Gasteiger partial charge is 0.322 e. The van der Waals surface area contributed by atoms with Gasteiger partial charge in [0.15, 0.2) is 0 Å². The summed E-state index contributed by atoms with van der Waals surface area (Å²) in [6.07, 6.45) is 1.55. The zero-order valence-electron chi connectivity index (χ0n) is 13.1. The predicted octanol–water partition coefficient (Wildman–Crippen LogP) is 3.17. The molecule has 1 fully saturated rings. The fourth-order valence-electron chi connectivity index (χ4n) is 2.22. The first-order chi connectivity index (χ1) is 12.4. The van der Waals surface area contributed by atoms with Gasteiger partial charge < -0.3 is 5.32 Å². The van der Waals surface area contributed by atoms with Crippen molar-refractivity contribution < 1.29 is 19.3 Å². The minimum atomic E-state index is -0.541. The molecule has 0 radical (unpaired) electrons. The van der Waals surface area contributed by atoms with Crippen LogP contribution in [0.1, 0.15) is 15.9 Å². The molecule has 26 heavy (non-hydrogen) atoms. The molecule has 0 saturated carbocycles. The second-order valence-corrected chi connectivity index (χ2v) is 6.25. The van der Waals surface area contributed by atoms with Crippen molar-refractivity contribution in [3.63, 3.8) is 0 Å². The number of thioether (sulfide) groups is 1. The smallest absolute Gasteiger partial charge is 0.290 e. The van der Waals surface area contributed by atoms with Crippen LogP contribution < -0.4 is 10.6 Å². The number of benzene rings is 2. The summed E-state index contributed by atoms with van der Waals surface area (Å²) in [4.78, 5) is 45.4. The molecule has 0 spiro atoms. The monoisotopic (exact) mass is 369 g/mol. The van der Waals surface area contributed by atoms with Gasteiger partial charge in [0.05, 0.1) is 9.83 Å². The average molecular weight is 369 g/mol. The number of nitro benzene ring substituents is 1. The van der Waals surface area contributed by atoms with Crippen LogP contribution in [0, 0.1) is 10.1 Å². The van der Waals surface area contributed by atoms with Gasteiger partial charge in [-0.05, 0) is 47.7 Å². The quantitative estimate of drug-likeness (QED) is 0.485. The van der Waals surface area contributed by atoms with Crippen LogP contribution in [-0.2, 0) is 4.79 Å². The van der Waals surface area contributed by atoms with Gasteiger partial charge in [-0.25, -0.2) is 0 Å². The molecule has 2 aromatic rings. The lowest BCUT2D eigenvalue weighted by Crippen LogP contribution is -2.17. The highest BCUT2D eigenvalue weighted by Gasteiger charge is 2.24. The number of nitrogens with zero attached hydrogens (tertiary/aromatic N) is 1. The molecule has 3 amide bonds. The van der Waals surface area contributed by atoms with E-state index in [4.69, 9.17) is 0 Å². The number of carbonyl (C=O) groups is 3. The van der Waals surface area contributed by atoms with E-state index >= 15 is 0 Å². The molecule has 9 heteroatoms. The lowest BCUT2D eigenvalue weighted by Gasteiger charge is -2.06. The maximum absolute atomic E-state index is 12.2. The molecule has 0 bridgehead atoms. The molecular formula is C17H11N3O5S. The summed E-state index contributed by atoms with van der Waals surface area (Å²) >= 11 is 0.808. The number of amides is 3. The maximum Gasteiger partial charge on any atom is 0.290 e. The fourth-order valence-corrected chi connectivity index (χ4v) is 2.90. The molecular weight excluding hydrogens is 358 g/mol. The summed E-state index contributed by atoms with van der Waals surface area (Å²) in [5.41, 5.74) is 1.30. The van der Waals surface area contributed by atoms with Gasteiger partial charge >= 0.3 is 0 Å². The normalized spacial score (nSPS) is 15.0. The molecule has 1 saturated heterocycles. The van der Waals surface area contributed by atoms with Crippen molar-refractivity contribution in [3.05, 3.63) is 74.7 Å². The van der Waals surface area contributed by atoms with Gasteiger partial charge in [0.2, 0.25) is 0 Å². The first kappa shape index (κ1) is 17.4. The molecule has 2 aromatic carbocycles. The standard InChI is InChI=1S/C17H11N3O5S/c21-15(11-4-6-13(7-5-11)20(24)25)18-12-3-1-2-10(8-12)9-14-16(22)19-17(23)26-14/h1-9H,(H,18,21)(H,19,22,23). The van der Waals surface area contributed by atoms with Gasteiger partial charge in [-0.15, -0.1) is 0 Å². The van der Waals surface area contributed by atoms with E-state index in [0.29, 0.717) is 11.3 Å². The van der Waals surface area contributed by atoms with Crippen molar-refractivity contribution in [2.45, 2.75) is 0 Å². The zero-order valence-corrected chi connectivity index (χ0v) is 13.9. The summed E-state index contributed by atoms with van der Waals surface area (Å²) in [6.45, 7) is 0. The van der Waals surface area contributed by atoms with Gasteiger partial charge in [0.1, 0.15) is 0 Å². The van der Waals surface area contributed by atoms with Gasteiger partial charge in [0, 0.05) is 23.4 Å². The van der Waals surface area contributed by atoms with Crippen molar-refractivity contribution >= 4 is 46.3 Å². The third kappa shape index (κ3) is 3.95. The summed E-state index contributed by atoms with van der Waals surface area (Å²) < 4.78 is 0. The van der Waals surface area contributed by atoms with Gasteiger partial charge in [-0.1, -0.05) is 12.1 Å². The van der Waals surface area contributed by atoms with E-state index in [0.717, 1.165) is 11.8 Å². The second kappa shape index (κ2) is 7.19. The lowest BCUT2D eigenvalue weighted by molar-refractivity contribution is -0.384. The Kier molecular flexibility index (Phi) is 4.81. The molecule has 2 N–H and O–H groups in total. The highest BCUT2D eigenvalue weighted by atomic mass is 32.2. The first-order valence-corrected chi connectivity index (χ1v) is 8.15. The number of hydrogen-bond donors (Lipinski definition) is 2. The van der Waals surface area contributed by atoms with Crippen LogP contribution in [0.3, 0.4) is 0 Å². The first-order valence-electron chi connectivity index (χ1n) is 7.33. The summed E-state index contributed by atoms with van der Waals surface area (Å²) in [5, 5.41) is 15.1. The molecule has 0 aromatic heterocycles. The van der Waals surface area contributed by atoms with Gasteiger partial charge in [0.25, 0.3) is 22.7 Å². The number of rotatable bonds is 4. The van der Waals surface area contributed by atoms with Crippen molar-refractivity contribution in [2.24, 2.45) is 0 Å². The number of hydrogen-bond acceptors (Lipinski definition) is 6. The number of anilines is 1. The van der Waals surface area contributed by atoms with Crippen LogP contribution in [0.2, 0.25) is 0 Å². The molecule has 0 aliphatic carbocycles. The number of non-ortho nitro benzene ring substituents is 1. The Balaban J connectivity index is 1.75. The van der Waals surface area contributed by atoms with Gasteiger partial charge in [-0.2, -0.15) is 0 Å². The molecule has 3 rings (SSSR count). The van der Waals surface area contributed by atoms with Crippen molar-refractivity contribution in [1.29, 1.82) is 0 Å². The molecule has 1 aliphatic rings. The van der Waals surface area contributed by atoms with Crippen molar-refractivity contribution in [2.75, 3.05) is 5.32 Å². The number of imide groups is 1. The number of nitrogens with one attached hydrogen (secondary N) is 2. The minimum Gasteiger partial charge on any atom is -0.322 e. The Hall–Kier alpha value is -3.46. The van der Waals surface area contributed by atoms with Crippen LogP contribution in [0.15, 0.2) is 53.4 Å². The Bertz CT molecular complexity index is 953. The third-order valence-electron chi connectivity index (χ3n) is 3.42. The molecule has 1 aliphatic heterocycles. The highest BCUT2D eigenvalue weighted by molar-refractivity contribution is 8.18. The Morgan fingerprint density at radius 1 is 1.15 bits per heavy atom. The average Bonchev–Trinajstić information content (AvgIpc) is 2.92. The van der Waals surface area contributed by atoms with E-state index in [-0.39, 0.29) is 16.2 Å². The molecule has 8 nitrogen and oxygen atoms in total. The molecule has 0 atom stereocenters. The van der Waals surface area contributed by atoms with Crippen LogP contribution in [-0.4, -0.2) is 22.0 Å². The van der Waals surface area contributed by atoms with Crippen LogP contribution >= 0.6 is 11.8 Å². The Labute approximate surface area is 151 Å². The fraction of sp³-hybridized carbons (Fsp3) is 0. The lowest BCUT2D eigenvalue weighted by atomic mass is 10.1. The molecule has 0 unspecified atom stereocenters. The number of nitro groups is 1. The van der Waals surface area contributed by atoms with Crippen molar-refractivity contribution in [3.8, 4) is 0 Å². The van der Waals surface area contributed by atoms with E-state index in [2.05, 4.69) is 10.6 Å². The summed E-state index contributed by atoms with van der Waals surface area (Å²) in [6, 6.07) is 12.0. The second-order valence-electron chi connectivity index (χ2n) is 5.24. The van der Waals surface area contributed by atoms with Gasteiger partial charge in [-0.3, -0.25) is 29.8 Å². The van der Waals surface area contributed by atoms with E-state index in [1.165, 1.54) is 24.3 Å². The third-order valence-corrected chi connectivity index (χ3v) is 4.24. The SMILES string of the molecule is O=C1NC(=O)C(=Cc2cccc(NC(=O)c3ccc([N+](=O)[O-])cc3)c2)S1. The van der Waals surface area contributed by atoms with Crippen LogP contribution in [0.5, 0.6) is 0 Å². The van der Waals surface area contributed by atoms with Crippen LogP contribution in [0.4, 0.5) is 16.2 Å². The summed E-state index contributed by atoms with van der Waals surface area (Å²) in [7, 11) is 0. The summed E-state index contributed by atoms with van der Waals surface area (Å²) in [5.74, 6) is -0.881.